The van der Waals surface area contributed by atoms with Gasteiger partial charge in [-0.2, -0.15) is 13.2 Å². The van der Waals surface area contributed by atoms with Gasteiger partial charge in [-0.3, -0.25) is 0 Å². The summed E-state index contributed by atoms with van der Waals surface area (Å²) in [6.45, 7) is 1.33. The number of rotatable bonds is 2. The van der Waals surface area contributed by atoms with Crippen LogP contribution in [0.15, 0.2) is 18.2 Å². The highest BCUT2D eigenvalue weighted by Gasteiger charge is 2.34. The fourth-order valence-corrected chi connectivity index (χ4v) is 4.26. The fraction of sp³-hybridized carbons (Fsp3) is 0.529. The Morgan fingerprint density at radius 3 is 2.46 bits per heavy atom. The van der Waals surface area contributed by atoms with Crippen molar-refractivity contribution in [1.82, 2.24) is 14.8 Å². The fourth-order valence-electron chi connectivity index (χ4n) is 3.22. The summed E-state index contributed by atoms with van der Waals surface area (Å²) in [5, 5.41) is 0.608. The molecule has 9 heteroatoms. The summed E-state index contributed by atoms with van der Waals surface area (Å²) >= 11 is 1.28. The van der Waals surface area contributed by atoms with Gasteiger partial charge < -0.3 is 14.7 Å². The summed E-state index contributed by atoms with van der Waals surface area (Å²) in [6.07, 6.45) is -2.89. The van der Waals surface area contributed by atoms with Crippen LogP contribution < -0.4 is 4.90 Å². The number of nitrogens with zero attached hydrogens (tertiary/aromatic N) is 4. The number of piperidine rings is 1. The molecule has 1 fully saturated rings. The van der Waals surface area contributed by atoms with Gasteiger partial charge in [-0.15, -0.1) is 0 Å². The number of hydrogen-bond donors (Lipinski definition) is 0. The maximum atomic E-state index is 13.2. The molecule has 0 N–H and O–H groups in total. The molecule has 1 aliphatic rings. The maximum Gasteiger partial charge on any atom is 0.418 e. The predicted molar refractivity (Wildman–Crippen MR) is 96.7 cm³/mol. The molecule has 0 unspecified atom stereocenters. The van der Waals surface area contributed by atoms with E-state index in [1.807, 2.05) is 4.90 Å². The molecule has 0 radical (unpaired) electrons. The van der Waals surface area contributed by atoms with E-state index in [-0.39, 0.29) is 17.6 Å². The first-order chi connectivity index (χ1) is 12.2. The highest BCUT2D eigenvalue weighted by Crippen LogP contribution is 2.38. The molecule has 3 rings (SSSR count). The molecular weight excluding hydrogens is 365 g/mol. The number of halogens is 3. The second-order valence-corrected chi connectivity index (χ2v) is 7.66. The third-order valence-corrected chi connectivity index (χ3v) is 5.76. The summed E-state index contributed by atoms with van der Waals surface area (Å²) in [5.74, 6) is 0. The summed E-state index contributed by atoms with van der Waals surface area (Å²) in [6, 6.07) is 4.24. The van der Waals surface area contributed by atoms with Crippen molar-refractivity contribution in [2.45, 2.75) is 25.1 Å². The molecule has 1 aliphatic heterocycles. The Kier molecular flexibility index (Phi) is 5.01. The van der Waals surface area contributed by atoms with Gasteiger partial charge in [0.05, 0.1) is 15.8 Å². The number of thiazole rings is 1. The van der Waals surface area contributed by atoms with Crippen molar-refractivity contribution in [3.63, 3.8) is 0 Å². The van der Waals surface area contributed by atoms with Crippen molar-refractivity contribution in [2.75, 3.05) is 39.1 Å². The quantitative estimate of drug-likeness (QED) is 0.786. The number of hydrogen-bond acceptors (Lipinski definition) is 4. The summed E-state index contributed by atoms with van der Waals surface area (Å²) in [7, 11) is 5.22. The van der Waals surface area contributed by atoms with E-state index in [1.165, 1.54) is 17.4 Å². The van der Waals surface area contributed by atoms with Crippen LogP contribution in [0.2, 0.25) is 0 Å². The van der Waals surface area contributed by atoms with Gasteiger partial charge in [0.15, 0.2) is 5.13 Å². The van der Waals surface area contributed by atoms with Gasteiger partial charge in [-0.1, -0.05) is 17.4 Å². The molecule has 0 atom stereocenters. The van der Waals surface area contributed by atoms with Crippen LogP contribution in [-0.2, 0) is 6.18 Å². The largest absolute Gasteiger partial charge is 0.418 e. The topological polar surface area (TPSA) is 39.7 Å². The monoisotopic (exact) mass is 386 g/mol. The lowest BCUT2D eigenvalue weighted by molar-refractivity contribution is -0.136. The summed E-state index contributed by atoms with van der Waals surface area (Å²) < 4.78 is 40.0. The molecule has 26 heavy (non-hydrogen) atoms. The Bertz CT molecular complexity index is 797. The second kappa shape index (κ2) is 6.94. The minimum Gasteiger partial charge on any atom is -0.348 e. The number of carbonyl (C=O) groups excluding carboxylic acids is 1. The van der Waals surface area contributed by atoms with Gasteiger partial charge in [0, 0.05) is 40.3 Å². The van der Waals surface area contributed by atoms with Crippen LogP contribution >= 0.6 is 11.3 Å². The Balaban J connectivity index is 1.75. The van der Waals surface area contributed by atoms with Crippen molar-refractivity contribution in [1.29, 1.82) is 0 Å². The zero-order valence-corrected chi connectivity index (χ0v) is 15.7. The van der Waals surface area contributed by atoms with Gasteiger partial charge in [0.25, 0.3) is 0 Å². The molecule has 142 valence electrons. The standard InChI is InChI=1S/C17H21F3N4OS/c1-22(2)16(25)23(3)11-7-9-24(10-8-11)15-21-14-12(17(18,19)20)5-4-6-13(14)26-15/h4-6,11H,7-10H2,1-3H3. The number of benzene rings is 1. The zero-order chi connectivity index (χ0) is 19.1. The molecule has 0 bridgehead atoms. The number of carbonyl (C=O) groups is 1. The molecule has 2 amide bonds. The predicted octanol–water partition coefficient (Wildman–Crippen LogP) is 3.90. The van der Waals surface area contributed by atoms with Crippen LogP contribution in [0.1, 0.15) is 18.4 Å². The highest BCUT2D eigenvalue weighted by atomic mass is 32.1. The molecule has 2 heterocycles. The van der Waals surface area contributed by atoms with Crippen LogP contribution in [0.4, 0.5) is 23.1 Å². The Morgan fingerprint density at radius 1 is 1.23 bits per heavy atom. The van der Waals surface area contributed by atoms with E-state index in [1.54, 1.807) is 37.0 Å². The van der Waals surface area contributed by atoms with E-state index >= 15 is 0 Å². The van der Waals surface area contributed by atoms with Gasteiger partial charge in [-0.25, -0.2) is 9.78 Å². The van der Waals surface area contributed by atoms with Crippen molar-refractivity contribution in [3.8, 4) is 0 Å². The van der Waals surface area contributed by atoms with Crippen molar-refractivity contribution < 1.29 is 18.0 Å². The molecule has 1 aromatic carbocycles. The van der Waals surface area contributed by atoms with E-state index in [4.69, 9.17) is 0 Å². The molecule has 0 spiro atoms. The third kappa shape index (κ3) is 3.58. The molecular formula is C17H21F3N4OS. The summed E-state index contributed by atoms with van der Waals surface area (Å²) in [5.41, 5.74) is -0.675. The number of alkyl halides is 3. The van der Waals surface area contributed by atoms with Crippen LogP contribution in [0.5, 0.6) is 0 Å². The highest BCUT2D eigenvalue weighted by molar-refractivity contribution is 7.22. The lowest BCUT2D eigenvalue weighted by Crippen LogP contribution is -2.48. The number of anilines is 1. The lowest BCUT2D eigenvalue weighted by Gasteiger charge is -2.37. The Hall–Kier alpha value is -2.03. The second-order valence-electron chi connectivity index (χ2n) is 6.65. The van der Waals surface area contributed by atoms with Gasteiger partial charge in [-0.05, 0) is 25.0 Å². The van der Waals surface area contributed by atoms with Gasteiger partial charge >= 0.3 is 12.2 Å². The number of urea groups is 1. The molecule has 0 saturated carbocycles. The maximum absolute atomic E-state index is 13.2. The normalized spacial score (nSPS) is 16.2. The van der Waals surface area contributed by atoms with Crippen molar-refractivity contribution in [2.24, 2.45) is 0 Å². The van der Waals surface area contributed by atoms with Crippen molar-refractivity contribution >= 4 is 32.7 Å². The van der Waals surface area contributed by atoms with Crippen LogP contribution in [0, 0.1) is 0 Å². The number of fused-ring (bicyclic) bond motifs is 1. The van der Waals surface area contributed by atoms with E-state index in [9.17, 15) is 18.0 Å². The first kappa shape index (κ1) is 18.8. The first-order valence-corrected chi connectivity index (χ1v) is 9.16. The number of amides is 2. The van der Waals surface area contributed by atoms with E-state index < -0.39 is 11.7 Å². The average Bonchev–Trinajstić information content (AvgIpc) is 3.03. The van der Waals surface area contributed by atoms with E-state index in [0.717, 1.165) is 18.9 Å². The zero-order valence-electron chi connectivity index (χ0n) is 14.9. The van der Waals surface area contributed by atoms with E-state index in [0.29, 0.717) is 22.9 Å². The van der Waals surface area contributed by atoms with E-state index in [2.05, 4.69) is 4.98 Å². The average molecular weight is 386 g/mol. The molecule has 5 nitrogen and oxygen atoms in total. The molecule has 1 saturated heterocycles. The number of aromatic nitrogens is 1. The first-order valence-electron chi connectivity index (χ1n) is 8.34. The Morgan fingerprint density at radius 2 is 1.88 bits per heavy atom. The molecule has 0 aliphatic carbocycles. The smallest absolute Gasteiger partial charge is 0.348 e. The number of para-hydroxylation sites is 1. The lowest BCUT2D eigenvalue weighted by atomic mass is 10.0. The van der Waals surface area contributed by atoms with Gasteiger partial charge in [0.1, 0.15) is 0 Å². The Labute approximate surface area is 154 Å². The molecule has 2 aromatic rings. The SMILES string of the molecule is CN(C)C(=O)N(C)C1CCN(c2nc3c(C(F)(F)F)cccc3s2)CC1. The molecule has 1 aromatic heterocycles. The van der Waals surface area contributed by atoms with Crippen LogP contribution in [-0.4, -0.2) is 61.1 Å². The third-order valence-electron chi connectivity index (χ3n) is 4.68. The van der Waals surface area contributed by atoms with Crippen LogP contribution in [0.3, 0.4) is 0 Å². The minimum atomic E-state index is -4.41. The minimum absolute atomic E-state index is 0.0158. The van der Waals surface area contributed by atoms with Crippen LogP contribution in [0.25, 0.3) is 10.2 Å². The van der Waals surface area contributed by atoms with Gasteiger partial charge in [0.2, 0.25) is 0 Å². The summed E-state index contributed by atoms with van der Waals surface area (Å²) in [4.78, 5) is 21.6. The van der Waals surface area contributed by atoms with Crippen molar-refractivity contribution in [3.05, 3.63) is 23.8 Å².